The number of benzene rings is 3. The highest BCUT2D eigenvalue weighted by atomic mass is 35.5. The molecule has 0 aromatic heterocycles. The molecule has 0 heterocycles. The van der Waals surface area contributed by atoms with Crippen LogP contribution < -0.4 is 10.6 Å². The van der Waals surface area contributed by atoms with Gasteiger partial charge in [-0.3, -0.25) is 19.7 Å². The molecule has 0 atom stereocenters. The van der Waals surface area contributed by atoms with Crippen molar-refractivity contribution in [2.45, 2.75) is 13.8 Å². The number of carbonyl (C=O) groups excluding carboxylic acids is 2. The van der Waals surface area contributed by atoms with Gasteiger partial charge in [-0.2, -0.15) is 0 Å². The third kappa shape index (κ3) is 4.64. The fourth-order valence-corrected chi connectivity index (χ4v) is 3.06. The first-order valence-corrected chi connectivity index (χ1v) is 9.37. The summed E-state index contributed by atoms with van der Waals surface area (Å²) in [6, 6.07) is 15.7. The fraction of sp³-hybridized carbons (Fsp3) is 0.0909. The van der Waals surface area contributed by atoms with Crippen molar-refractivity contribution in [2.24, 2.45) is 0 Å². The molecule has 152 valence electrons. The largest absolute Gasteiger partial charge is 0.322 e. The van der Waals surface area contributed by atoms with Crippen molar-refractivity contribution in [3.05, 3.63) is 98.1 Å². The van der Waals surface area contributed by atoms with Gasteiger partial charge in [-0.05, 0) is 55.3 Å². The molecular formula is C22H18ClN3O4. The Hall–Kier alpha value is -3.71. The van der Waals surface area contributed by atoms with Crippen LogP contribution in [-0.4, -0.2) is 16.7 Å². The Kier molecular flexibility index (Phi) is 6.13. The van der Waals surface area contributed by atoms with E-state index in [0.717, 1.165) is 17.2 Å². The van der Waals surface area contributed by atoms with E-state index in [2.05, 4.69) is 10.6 Å². The average molecular weight is 424 g/mol. The highest BCUT2D eigenvalue weighted by Crippen LogP contribution is 2.25. The highest BCUT2D eigenvalue weighted by molar-refractivity contribution is 6.34. The molecule has 0 bridgehead atoms. The zero-order chi connectivity index (χ0) is 21.8. The quantitative estimate of drug-likeness (QED) is 0.425. The molecule has 3 aromatic rings. The minimum atomic E-state index is -0.597. The van der Waals surface area contributed by atoms with Crippen molar-refractivity contribution < 1.29 is 14.5 Å². The van der Waals surface area contributed by atoms with Crippen LogP contribution in [-0.2, 0) is 0 Å². The third-order valence-corrected chi connectivity index (χ3v) is 4.91. The molecule has 0 aliphatic carbocycles. The molecule has 0 aliphatic rings. The van der Waals surface area contributed by atoms with E-state index >= 15 is 0 Å². The van der Waals surface area contributed by atoms with Crippen molar-refractivity contribution in [3.8, 4) is 0 Å². The Labute approximate surface area is 177 Å². The SMILES string of the molecule is Cc1ccc(NC(=O)c2ccccc2NC(=O)c2ccc([N+](=O)[O-])cc2Cl)cc1C. The van der Waals surface area contributed by atoms with Crippen LogP contribution in [0, 0.1) is 24.0 Å². The zero-order valence-corrected chi connectivity index (χ0v) is 17.0. The number of hydrogen-bond acceptors (Lipinski definition) is 4. The number of anilines is 2. The Balaban J connectivity index is 1.82. The number of hydrogen-bond donors (Lipinski definition) is 2. The molecule has 0 unspecified atom stereocenters. The number of halogens is 1. The van der Waals surface area contributed by atoms with Crippen LogP contribution in [0.2, 0.25) is 5.02 Å². The number of nitrogens with zero attached hydrogens (tertiary/aromatic N) is 1. The third-order valence-electron chi connectivity index (χ3n) is 4.59. The summed E-state index contributed by atoms with van der Waals surface area (Å²) in [7, 11) is 0. The molecule has 0 aliphatic heterocycles. The second-order valence-corrected chi connectivity index (χ2v) is 7.08. The highest BCUT2D eigenvalue weighted by Gasteiger charge is 2.18. The van der Waals surface area contributed by atoms with E-state index in [0.29, 0.717) is 11.4 Å². The number of para-hydroxylation sites is 1. The number of rotatable bonds is 5. The van der Waals surface area contributed by atoms with Crippen LogP contribution in [0.1, 0.15) is 31.8 Å². The Bertz CT molecular complexity index is 1160. The van der Waals surface area contributed by atoms with Crippen LogP contribution in [0.15, 0.2) is 60.7 Å². The average Bonchev–Trinajstić information content (AvgIpc) is 2.70. The molecule has 3 aromatic carbocycles. The lowest BCUT2D eigenvalue weighted by Gasteiger charge is -2.13. The smallest absolute Gasteiger partial charge is 0.270 e. The van der Waals surface area contributed by atoms with E-state index in [1.165, 1.54) is 12.1 Å². The van der Waals surface area contributed by atoms with Crippen molar-refractivity contribution in [1.29, 1.82) is 0 Å². The van der Waals surface area contributed by atoms with E-state index in [1.54, 1.807) is 30.3 Å². The van der Waals surface area contributed by atoms with E-state index < -0.39 is 10.8 Å². The van der Waals surface area contributed by atoms with Gasteiger partial charge in [0.1, 0.15) is 0 Å². The van der Waals surface area contributed by atoms with Gasteiger partial charge in [0, 0.05) is 17.8 Å². The van der Waals surface area contributed by atoms with Crippen LogP contribution in [0.5, 0.6) is 0 Å². The molecular weight excluding hydrogens is 406 g/mol. The normalized spacial score (nSPS) is 10.4. The number of aryl methyl sites for hydroxylation is 2. The maximum absolute atomic E-state index is 12.8. The lowest BCUT2D eigenvalue weighted by atomic mass is 10.1. The summed E-state index contributed by atoms with van der Waals surface area (Å²) in [5.74, 6) is -0.967. The van der Waals surface area contributed by atoms with Crippen molar-refractivity contribution in [3.63, 3.8) is 0 Å². The lowest BCUT2D eigenvalue weighted by Crippen LogP contribution is -2.18. The second kappa shape index (κ2) is 8.75. The van der Waals surface area contributed by atoms with Gasteiger partial charge in [-0.25, -0.2) is 0 Å². The molecule has 0 radical (unpaired) electrons. The first kappa shape index (κ1) is 21.0. The fourth-order valence-electron chi connectivity index (χ4n) is 2.80. The molecule has 0 saturated heterocycles. The standard InChI is InChI=1S/C22H18ClN3O4/c1-13-7-8-15(11-14(13)2)24-22(28)18-5-3-4-6-20(18)25-21(27)17-10-9-16(26(29)30)12-19(17)23/h3-12H,1-2H3,(H,24,28)(H,25,27). The van der Waals surface area contributed by atoms with Gasteiger partial charge in [-0.15, -0.1) is 0 Å². The summed E-state index contributed by atoms with van der Waals surface area (Å²) in [4.78, 5) is 35.6. The van der Waals surface area contributed by atoms with Gasteiger partial charge in [-0.1, -0.05) is 29.8 Å². The van der Waals surface area contributed by atoms with Gasteiger partial charge < -0.3 is 10.6 Å². The summed E-state index contributed by atoms with van der Waals surface area (Å²) in [5, 5.41) is 16.2. The van der Waals surface area contributed by atoms with Crippen LogP contribution in [0.25, 0.3) is 0 Å². The minimum Gasteiger partial charge on any atom is -0.322 e. The van der Waals surface area contributed by atoms with E-state index in [9.17, 15) is 19.7 Å². The number of non-ortho nitro benzene ring substituents is 1. The first-order valence-electron chi connectivity index (χ1n) is 8.99. The molecule has 8 heteroatoms. The van der Waals surface area contributed by atoms with E-state index in [1.807, 2.05) is 26.0 Å². The molecule has 3 rings (SSSR count). The van der Waals surface area contributed by atoms with Gasteiger partial charge in [0.15, 0.2) is 0 Å². The van der Waals surface area contributed by atoms with Crippen LogP contribution in [0.3, 0.4) is 0 Å². The summed E-state index contributed by atoms with van der Waals surface area (Å²) in [5.41, 5.74) is 3.20. The van der Waals surface area contributed by atoms with Crippen molar-refractivity contribution in [1.82, 2.24) is 0 Å². The predicted octanol–water partition coefficient (Wildman–Crippen LogP) is 5.37. The number of amides is 2. The molecule has 0 saturated carbocycles. The minimum absolute atomic E-state index is 0.0567. The Morgan fingerprint density at radius 1 is 0.867 bits per heavy atom. The monoisotopic (exact) mass is 423 g/mol. The van der Waals surface area contributed by atoms with E-state index in [4.69, 9.17) is 11.6 Å². The Morgan fingerprint density at radius 3 is 2.23 bits per heavy atom. The number of nitrogens with one attached hydrogen (secondary N) is 2. The molecule has 30 heavy (non-hydrogen) atoms. The maximum Gasteiger partial charge on any atom is 0.270 e. The number of carbonyl (C=O) groups is 2. The van der Waals surface area contributed by atoms with Gasteiger partial charge >= 0.3 is 0 Å². The maximum atomic E-state index is 12.8. The summed E-state index contributed by atoms with van der Waals surface area (Å²) < 4.78 is 0. The van der Waals surface area contributed by atoms with Crippen LogP contribution in [0.4, 0.5) is 17.1 Å². The molecule has 0 spiro atoms. The van der Waals surface area contributed by atoms with Gasteiger partial charge in [0.05, 0.1) is 26.8 Å². The summed E-state index contributed by atoms with van der Waals surface area (Å²) in [6.45, 7) is 3.93. The van der Waals surface area contributed by atoms with Crippen molar-refractivity contribution in [2.75, 3.05) is 10.6 Å². The Morgan fingerprint density at radius 2 is 1.57 bits per heavy atom. The molecule has 2 amide bonds. The molecule has 2 N–H and O–H groups in total. The number of nitro benzene ring substituents is 1. The van der Waals surface area contributed by atoms with Gasteiger partial charge in [0.2, 0.25) is 0 Å². The summed E-state index contributed by atoms with van der Waals surface area (Å²) in [6.07, 6.45) is 0. The number of nitro groups is 1. The van der Waals surface area contributed by atoms with E-state index in [-0.39, 0.29) is 27.7 Å². The first-order chi connectivity index (χ1) is 14.3. The van der Waals surface area contributed by atoms with Crippen molar-refractivity contribution >= 4 is 40.5 Å². The van der Waals surface area contributed by atoms with Crippen LogP contribution >= 0.6 is 11.6 Å². The molecule has 7 nitrogen and oxygen atoms in total. The predicted molar refractivity (Wildman–Crippen MR) is 116 cm³/mol. The zero-order valence-electron chi connectivity index (χ0n) is 16.2. The topological polar surface area (TPSA) is 101 Å². The van der Waals surface area contributed by atoms with Gasteiger partial charge in [0.25, 0.3) is 17.5 Å². The lowest BCUT2D eigenvalue weighted by molar-refractivity contribution is -0.384. The summed E-state index contributed by atoms with van der Waals surface area (Å²) >= 11 is 6.03. The second-order valence-electron chi connectivity index (χ2n) is 6.67. The molecule has 0 fully saturated rings.